The van der Waals surface area contributed by atoms with E-state index in [1.165, 1.54) is 0 Å². The average molecular weight is 402 g/mol. The van der Waals surface area contributed by atoms with E-state index in [9.17, 15) is 9.59 Å². The molecule has 0 saturated heterocycles. The van der Waals surface area contributed by atoms with Gasteiger partial charge < -0.3 is 14.5 Å². The normalized spacial score (nSPS) is 10.3. The van der Waals surface area contributed by atoms with Crippen molar-refractivity contribution < 1.29 is 14.3 Å². The number of amides is 1. The van der Waals surface area contributed by atoms with Crippen LogP contribution in [0.15, 0.2) is 84.9 Å². The van der Waals surface area contributed by atoms with Crippen LogP contribution in [0.3, 0.4) is 0 Å². The number of esters is 1. The molecular weight excluding hydrogens is 376 g/mol. The number of hydrogen-bond donors (Lipinski definition) is 0. The van der Waals surface area contributed by atoms with Crippen molar-refractivity contribution in [2.24, 2.45) is 0 Å². The van der Waals surface area contributed by atoms with E-state index in [4.69, 9.17) is 4.74 Å². The van der Waals surface area contributed by atoms with Gasteiger partial charge in [-0.25, -0.2) is 4.79 Å². The van der Waals surface area contributed by atoms with Crippen LogP contribution < -0.4 is 4.90 Å². The summed E-state index contributed by atoms with van der Waals surface area (Å²) in [7, 11) is 3.80. The van der Waals surface area contributed by atoms with Crippen LogP contribution in [-0.4, -0.2) is 37.5 Å². The van der Waals surface area contributed by atoms with Crippen LogP contribution in [0.1, 0.15) is 21.5 Å². The second-order valence-corrected chi connectivity index (χ2v) is 7.24. The number of carbonyl (C=O) groups is 2. The van der Waals surface area contributed by atoms with Gasteiger partial charge in [-0.3, -0.25) is 4.79 Å². The molecule has 5 heteroatoms. The minimum atomic E-state index is -0.508. The van der Waals surface area contributed by atoms with E-state index in [2.05, 4.69) is 0 Å². The summed E-state index contributed by atoms with van der Waals surface area (Å²) in [5.74, 6) is -0.744. The van der Waals surface area contributed by atoms with Gasteiger partial charge in [-0.2, -0.15) is 0 Å². The average Bonchev–Trinajstić information content (AvgIpc) is 2.78. The van der Waals surface area contributed by atoms with E-state index in [1.54, 1.807) is 23.1 Å². The van der Waals surface area contributed by atoms with Crippen molar-refractivity contribution in [1.29, 1.82) is 0 Å². The molecule has 0 atom stereocenters. The summed E-state index contributed by atoms with van der Waals surface area (Å²) >= 11 is 0. The molecular formula is C25H26N2O3. The fraction of sp³-hybridized carbons (Fsp3) is 0.200. The number of rotatable bonds is 8. The number of benzene rings is 3. The lowest BCUT2D eigenvalue weighted by atomic mass is 10.1. The van der Waals surface area contributed by atoms with E-state index in [0.29, 0.717) is 18.7 Å². The first-order chi connectivity index (χ1) is 14.5. The van der Waals surface area contributed by atoms with Gasteiger partial charge >= 0.3 is 5.97 Å². The largest absolute Gasteiger partial charge is 0.452 e. The van der Waals surface area contributed by atoms with Gasteiger partial charge in [0.25, 0.3) is 5.91 Å². The standard InChI is InChI=1S/C25H26N2O3/c1-26(2)23-15-9-14-22(16-23)25(29)30-19-24(28)27(17-20-10-5-3-6-11-20)18-21-12-7-4-8-13-21/h3-16H,17-19H2,1-2H3. The third-order valence-electron chi connectivity index (χ3n) is 4.71. The molecule has 0 saturated carbocycles. The highest BCUT2D eigenvalue weighted by Crippen LogP contribution is 2.15. The molecule has 0 N–H and O–H groups in total. The smallest absolute Gasteiger partial charge is 0.338 e. The Morgan fingerprint density at radius 2 is 1.33 bits per heavy atom. The monoisotopic (exact) mass is 402 g/mol. The number of carbonyl (C=O) groups excluding carboxylic acids is 2. The van der Waals surface area contributed by atoms with Crippen LogP contribution in [0.25, 0.3) is 0 Å². The topological polar surface area (TPSA) is 49.9 Å². The summed E-state index contributed by atoms with van der Waals surface area (Å²) in [5.41, 5.74) is 3.36. The molecule has 3 aromatic rings. The van der Waals surface area contributed by atoms with Crippen molar-refractivity contribution in [3.63, 3.8) is 0 Å². The second kappa shape index (κ2) is 10.3. The van der Waals surface area contributed by atoms with Crippen LogP contribution in [0.5, 0.6) is 0 Å². The van der Waals surface area contributed by atoms with Gasteiger partial charge in [0.05, 0.1) is 5.56 Å². The Bertz CT molecular complexity index is 930. The number of anilines is 1. The molecule has 0 aliphatic rings. The zero-order valence-electron chi connectivity index (χ0n) is 17.3. The van der Waals surface area contributed by atoms with Crippen LogP contribution in [0.2, 0.25) is 0 Å². The van der Waals surface area contributed by atoms with Gasteiger partial charge in [-0.15, -0.1) is 0 Å². The van der Waals surface area contributed by atoms with Crippen molar-refractivity contribution in [2.45, 2.75) is 13.1 Å². The molecule has 3 aromatic carbocycles. The van der Waals surface area contributed by atoms with Gasteiger partial charge in [-0.05, 0) is 29.3 Å². The molecule has 30 heavy (non-hydrogen) atoms. The first-order valence-electron chi connectivity index (χ1n) is 9.83. The van der Waals surface area contributed by atoms with Gasteiger partial charge in [0.15, 0.2) is 6.61 Å². The molecule has 0 unspecified atom stereocenters. The predicted octanol–water partition coefficient (Wildman–Crippen LogP) is 4.14. The molecule has 0 fully saturated rings. The molecule has 1 amide bonds. The molecule has 0 bridgehead atoms. The highest BCUT2D eigenvalue weighted by Gasteiger charge is 2.18. The Balaban J connectivity index is 1.68. The lowest BCUT2D eigenvalue weighted by Gasteiger charge is -2.23. The summed E-state index contributed by atoms with van der Waals surface area (Å²) in [6.07, 6.45) is 0. The maximum atomic E-state index is 12.9. The van der Waals surface area contributed by atoms with Crippen molar-refractivity contribution >= 4 is 17.6 Å². The first-order valence-corrected chi connectivity index (χ1v) is 9.83. The minimum Gasteiger partial charge on any atom is -0.452 e. The fourth-order valence-electron chi connectivity index (χ4n) is 3.05. The van der Waals surface area contributed by atoms with Gasteiger partial charge in [0, 0.05) is 32.9 Å². The van der Waals surface area contributed by atoms with Crippen molar-refractivity contribution in [2.75, 3.05) is 25.6 Å². The molecule has 0 aliphatic carbocycles. The maximum Gasteiger partial charge on any atom is 0.338 e. The predicted molar refractivity (Wildman–Crippen MR) is 118 cm³/mol. The van der Waals surface area contributed by atoms with Crippen LogP contribution in [0, 0.1) is 0 Å². The number of hydrogen-bond acceptors (Lipinski definition) is 4. The summed E-state index contributed by atoms with van der Waals surface area (Å²) in [4.78, 5) is 29.0. The Labute approximate surface area is 177 Å². The Morgan fingerprint density at radius 3 is 1.87 bits per heavy atom. The highest BCUT2D eigenvalue weighted by molar-refractivity contribution is 5.92. The quantitative estimate of drug-likeness (QED) is 0.532. The lowest BCUT2D eigenvalue weighted by molar-refractivity contribution is -0.135. The third-order valence-corrected chi connectivity index (χ3v) is 4.71. The number of nitrogens with zero attached hydrogens (tertiary/aromatic N) is 2. The van der Waals surface area contributed by atoms with E-state index in [-0.39, 0.29) is 12.5 Å². The van der Waals surface area contributed by atoms with Crippen molar-refractivity contribution in [3.05, 3.63) is 102 Å². The summed E-state index contributed by atoms with van der Waals surface area (Å²) < 4.78 is 5.33. The van der Waals surface area contributed by atoms with Crippen LogP contribution in [-0.2, 0) is 22.6 Å². The molecule has 3 rings (SSSR count). The third kappa shape index (κ3) is 5.95. The number of ether oxygens (including phenoxy) is 1. The molecule has 0 spiro atoms. The van der Waals surface area contributed by atoms with Crippen molar-refractivity contribution in [3.8, 4) is 0 Å². The highest BCUT2D eigenvalue weighted by atomic mass is 16.5. The Morgan fingerprint density at radius 1 is 0.767 bits per heavy atom. The zero-order chi connectivity index (χ0) is 21.3. The van der Waals surface area contributed by atoms with Gasteiger partial charge in [-0.1, -0.05) is 66.7 Å². The van der Waals surface area contributed by atoms with E-state index in [0.717, 1.165) is 16.8 Å². The summed E-state index contributed by atoms with van der Waals surface area (Å²) in [6.45, 7) is 0.592. The fourth-order valence-corrected chi connectivity index (χ4v) is 3.05. The van der Waals surface area contributed by atoms with Gasteiger partial charge in [0.2, 0.25) is 0 Å². The maximum absolute atomic E-state index is 12.9. The lowest BCUT2D eigenvalue weighted by Crippen LogP contribution is -2.34. The zero-order valence-corrected chi connectivity index (χ0v) is 17.3. The first kappa shape index (κ1) is 21.1. The molecule has 154 valence electrons. The molecule has 0 aromatic heterocycles. The SMILES string of the molecule is CN(C)c1cccc(C(=O)OCC(=O)N(Cc2ccccc2)Cc2ccccc2)c1. The van der Waals surface area contributed by atoms with E-state index in [1.807, 2.05) is 85.7 Å². The Kier molecular flexibility index (Phi) is 7.22. The molecule has 5 nitrogen and oxygen atoms in total. The second-order valence-electron chi connectivity index (χ2n) is 7.24. The minimum absolute atomic E-state index is 0.236. The molecule has 0 radical (unpaired) electrons. The van der Waals surface area contributed by atoms with Crippen molar-refractivity contribution in [1.82, 2.24) is 4.90 Å². The van der Waals surface area contributed by atoms with Crippen LogP contribution >= 0.6 is 0 Å². The van der Waals surface area contributed by atoms with E-state index >= 15 is 0 Å². The molecule has 0 aliphatic heterocycles. The summed E-state index contributed by atoms with van der Waals surface area (Å²) in [6, 6.07) is 26.7. The molecule has 0 heterocycles. The van der Waals surface area contributed by atoms with Crippen LogP contribution in [0.4, 0.5) is 5.69 Å². The summed E-state index contributed by atoms with van der Waals surface area (Å²) in [5, 5.41) is 0. The van der Waals surface area contributed by atoms with E-state index < -0.39 is 5.97 Å². The van der Waals surface area contributed by atoms with Gasteiger partial charge in [0.1, 0.15) is 0 Å². The Hall–Kier alpha value is -3.60.